The molecule has 48 heavy (non-hydrogen) atoms. The average Bonchev–Trinajstić information content (AvgIpc) is 3.89. The normalized spacial score (nSPS) is 17.7. The minimum absolute atomic E-state index is 0.226. The Morgan fingerprint density at radius 3 is 1.35 bits per heavy atom. The molecule has 0 spiro atoms. The van der Waals surface area contributed by atoms with Gasteiger partial charge in [-0.05, 0) is 88.8 Å². The van der Waals surface area contributed by atoms with E-state index < -0.39 is 12.1 Å². The van der Waals surface area contributed by atoms with Gasteiger partial charge in [-0.25, -0.2) is 0 Å². The molecule has 2 atom stereocenters. The predicted octanol–water partition coefficient (Wildman–Crippen LogP) is 5.55. The van der Waals surface area contributed by atoms with Gasteiger partial charge in [-0.3, -0.25) is 19.2 Å². The summed E-state index contributed by atoms with van der Waals surface area (Å²) >= 11 is 0. The van der Waals surface area contributed by atoms with Crippen molar-refractivity contribution in [1.82, 2.24) is 20.1 Å². The van der Waals surface area contributed by atoms with Crippen molar-refractivity contribution in [2.24, 2.45) is 0 Å². The topological polar surface area (TPSA) is 151 Å². The maximum Gasteiger partial charge on any atom is 0.260 e. The third kappa shape index (κ3) is 6.64. The molecule has 0 bridgehead atoms. The minimum atomic E-state index is -0.564. The Balaban J connectivity index is 1.02. The third-order valence-electron chi connectivity index (χ3n) is 8.95. The van der Waals surface area contributed by atoms with E-state index in [4.69, 9.17) is 9.05 Å². The Bertz CT molecular complexity index is 1700. The van der Waals surface area contributed by atoms with Crippen molar-refractivity contribution in [1.29, 1.82) is 0 Å². The second-order valence-electron chi connectivity index (χ2n) is 12.3. The van der Waals surface area contributed by atoms with E-state index in [9.17, 15) is 19.2 Å². The highest BCUT2D eigenvalue weighted by Crippen LogP contribution is 2.26. The van der Waals surface area contributed by atoms with Gasteiger partial charge in [0.05, 0.1) is 11.4 Å². The van der Waals surface area contributed by atoms with Crippen molar-refractivity contribution < 1.29 is 28.2 Å². The summed E-state index contributed by atoms with van der Waals surface area (Å²) in [5.74, 6) is -0.0231. The van der Waals surface area contributed by atoms with Gasteiger partial charge in [-0.1, -0.05) is 46.7 Å². The summed E-state index contributed by atoms with van der Waals surface area (Å²) in [4.78, 5) is 55.8. The number of amides is 4. The quantitative estimate of drug-likeness (QED) is 0.236. The van der Waals surface area contributed by atoms with E-state index in [1.807, 2.05) is 60.7 Å². The molecule has 4 heterocycles. The van der Waals surface area contributed by atoms with Gasteiger partial charge in [0.15, 0.2) is 0 Å². The van der Waals surface area contributed by atoms with Crippen molar-refractivity contribution in [2.45, 2.75) is 65.5 Å². The Hall–Kier alpha value is -5.52. The molecule has 0 unspecified atom stereocenters. The van der Waals surface area contributed by atoms with Crippen LogP contribution in [0.5, 0.6) is 0 Å². The second kappa shape index (κ2) is 13.7. The first-order valence-corrected chi connectivity index (χ1v) is 16.1. The molecule has 0 radical (unpaired) electrons. The molecule has 2 N–H and O–H groups in total. The number of benzene rings is 2. The molecular formula is C36H38N6O6. The molecule has 0 aliphatic carbocycles. The lowest BCUT2D eigenvalue weighted by atomic mass is 10.1. The van der Waals surface area contributed by atoms with Gasteiger partial charge < -0.3 is 29.5 Å². The van der Waals surface area contributed by atoms with Crippen LogP contribution in [0.15, 0.2) is 57.6 Å². The van der Waals surface area contributed by atoms with Crippen molar-refractivity contribution in [3.8, 4) is 0 Å². The number of aromatic nitrogens is 2. The van der Waals surface area contributed by atoms with Crippen LogP contribution in [0, 0.1) is 27.7 Å². The highest BCUT2D eigenvalue weighted by molar-refractivity contribution is 6.03. The average molecular weight is 651 g/mol. The number of rotatable bonds is 8. The fourth-order valence-electron chi connectivity index (χ4n) is 6.43. The molecule has 4 amide bonds. The van der Waals surface area contributed by atoms with E-state index in [0.29, 0.717) is 71.3 Å². The first-order valence-electron chi connectivity index (χ1n) is 16.1. The lowest BCUT2D eigenvalue weighted by molar-refractivity contribution is -0.120. The lowest BCUT2D eigenvalue weighted by Gasteiger charge is -2.24. The van der Waals surface area contributed by atoms with E-state index in [2.05, 4.69) is 20.9 Å². The number of aryl methyl sites for hydroxylation is 4. The Labute approximate surface area is 278 Å². The van der Waals surface area contributed by atoms with Gasteiger partial charge in [0.1, 0.15) is 34.7 Å². The molecule has 12 heteroatoms. The van der Waals surface area contributed by atoms with Crippen LogP contribution < -0.4 is 10.6 Å². The van der Waals surface area contributed by atoms with Crippen LogP contribution in [0.2, 0.25) is 0 Å². The molecule has 2 aromatic carbocycles. The van der Waals surface area contributed by atoms with Crippen molar-refractivity contribution in [2.75, 3.05) is 23.7 Å². The highest BCUT2D eigenvalue weighted by Gasteiger charge is 2.38. The van der Waals surface area contributed by atoms with E-state index in [1.54, 1.807) is 37.5 Å². The van der Waals surface area contributed by atoms with E-state index >= 15 is 0 Å². The number of nitrogens with zero attached hydrogens (tertiary/aromatic N) is 4. The van der Waals surface area contributed by atoms with Crippen LogP contribution >= 0.6 is 0 Å². The molecule has 2 aromatic heterocycles. The standard InChI is InChI=1S/C36H38N6O6/c1-21-31(23(3)47-39-21)35(45)41-19-5-7-29(41)33(43)37-27-15-11-25(12-16-27)9-10-26-13-17-28(18-14-26)38-34(44)30-8-6-20-42(30)36(46)32-22(2)40-48-24(32)4/h9-18,29-30H,5-8,19-20H2,1-4H3,(H,37,43)(H,38,44)/b10-9+/t29-,30-/m0/s1. The zero-order chi connectivity index (χ0) is 33.9. The molecule has 12 nitrogen and oxygen atoms in total. The van der Waals surface area contributed by atoms with Crippen LogP contribution in [0.1, 0.15) is 80.4 Å². The molecule has 4 aromatic rings. The van der Waals surface area contributed by atoms with Gasteiger partial charge in [0, 0.05) is 24.5 Å². The third-order valence-corrected chi connectivity index (χ3v) is 8.95. The monoisotopic (exact) mass is 650 g/mol. The van der Waals surface area contributed by atoms with Crippen molar-refractivity contribution in [3.63, 3.8) is 0 Å². The number of anilines is 2. The summed E-state index contributed by atoms with van der Waals surface area (Å²) in [6, 6.07) is 13.8. The Kier molecular flexibility index (Phi) is 9.24. The van der Waals surface area contributed by atoms with Gasteiger partial charge in [0.2, 0.25) is 11.8 Å². The largest absolute Gasteiger partial charge is 0.361 e. The predicted molar refractivity (Wildman–Crippen MR) is 179 cm³/mol. The second-order valence-corrected chi connectivity index (χ2v) is 12.3. The summed E-state index contributed by atoms with van der Waals surface area (Å²) < 4.78 is 10.3. The number of carbonyl (C=O) groups is 4. The Morgan fingerprint density at radius 1 is 0.646 bits per heavy atom. The van der Waals surface area contributed by atoms with Gasteiger partial charge >= 0.3 is 0 Å². The molecule has 2 saturated heterocycles. The summed E-state index contributed by atoms with van der Waals surface area (Å²) in [5.41, 5.74) is 5.03. The summed E-state index contributed by atoms with van der Waals surface area (Å²) in [5, 5.41) is 13.6. The summed E-state index contributed by atoms with van der Waals surface area (Å²) in [7, 11) is 0. The number of likely N-dealkylation sites (tertiary alicyclic amines) is 2. The van der Waals surface area contributed by atoms with Crippen LogP contribution in [0.3, 0.4) is 0 Å². The van der Waals surface area contributed by atoms with Crippen molar-refractivity contribution in [3.05, 3.63) is 93.7 Å². The van der Waals surface area contributed by atoms with Crippen LogP contribution in [-0.4, -0.2) is 68.9 Å². The molecule has 2 aliphatic heterocycles. The molecule has 2 aliphatic rings. The first kappa shape index (κ1) is 32.4. The SMILES string of the molecule is Cc1noc(C)c1C(=O)N1CCC[C@H]1C(=O)Nc1ccc(/C=C/c2ccc(NC(=O)[C@@H]3CCCN3C(=O)c3c(C)noc3C)cc2)cc1. The van der Waals surface area contributed by atoms with E-state index in [0.717, 1.165) is 24.0 Å². The van der Waals surface area contributed by atoms with Crippen LogP contribution in [-0.2, 0) is 9.59 Å². The van der Waals surface area contributed by atoms with Crippen LogP contribution in [0.25, 0.3) is 12.2 Å². The highest BCUT2D eigenvalue weighted by atomic mass is 16.5. The maximum absolute atomic E-state index is 13.2. The molecular weight excluding hydrogens is 612 g/mol. The summed E-state index contributed by atoms with van der Waals surface area (Å²) in [6.45, 7) is 7.85. The fourth-order valence-corrected chi connectivity index (χ4v) is 6.43. The smallest absolute Gasteiger partial charge is 0.260 e. The van der Waals surface area contributed by atoms with Gasteiger partial charge in [-0.15, -0.1) is 0 Å². The molecule has 248 valence electrons. The molecule has 6 rings (SSSR count). The number of nitrogens with one attached hydrogen (secondary N) is 2. The summed E-state index contributed by atoms with van der Waals surface area (Å²) in [6.07, 6.45) is 6.58. The molecule has 2 fully saturated rings. The van der Waals surface area contributed by atoms with Gasteiger partial charge in [-0.2, -0.15) is 0 Å². The zero-order valence-corrected chi connectivity index (χ0v) is 27.4. The Morgan fingerprint density at radius 2 is 1.02 bits per heavy atom. The minimum Gasteiger partial charge on any atom is -0.361 e. The fraction of sp³-hybridized carbons (Fsp3) is 0.333. The molecule has 0 saturated carbocycles. The van der Waals surface area contributed by atoms with E-state index in [1.165, 1.54) is 0 Å². The van der Waals surface area contributed by atoms with Crippen molar-refractivity contribution >= 4 is 47.2 Å². The zero-order valence-electron chi connectivity index (χ0n) is 27.4. The number of carbonyl (C=O) groups excluding carboxylic acids is 4. The van der Waals surface area contributed by atoms with Crippen LogP contribution in [0.4, 0.5) is 11.4 Å². The van der Waals surface area contributed by atoms with Gasteiger partial charge in [0.25, 0.3) is 11.8 Å². The maximum atomic E-state index is 13.2. The lowest BCUT2D eigenvalue weighted by Crippen LogP contribution is -2.43. The number of hydrogen-bond acceptors (Lipinski definition) is 8. The van der Waals surface area contributed by atoms with E-state index in [-0.39, 0.29) is 23.6 Å². The first-order chi connectivity index (χ1) is 23.1. The number of hydrogen-bond donors (Lipinski definition) is 2.